The third-order valence-electron chi connectivity index (χ3n) is 4.01. The van der Waals surface area contributed by atoms with E-state index in [0.29, 0.717) is 33.0 Å². The van der Waals surface area contributed by atoms with Crippen molar-refractivity contribution >= 4 is 33.5 Å². The van der Waals surface area contributed by atoms with Crippen molar-refractivity contribution < 1.29 is 14.6 Å². The lowest BCUT2D eigenvalue weighted by molar-refractivity contribution is 0.0689. The molecule has 0 unspecified atom stereocenters. The van der Waals surface area contributed by atoms with Crippen molar-refractivity contribution in [2.45, 2.75) is 12.3 Å². The lowest BCUT2D eigenvalue weighted by Crippen LogP contribution is -2.03. The molecule has 26 heavy (non-hydrogen) atoms. The van der Waals surface area contributed by atoms with E-state index < -0.39 is 5.97 Å². The first-order valence-corrected chi connectivity index (χ1v) is 9.28. The minimum atomic E-state index is -1.09. The maximum Gasteiger partial charge on any atom is 0.356 e. The van der Waals surface area contributed by atoms with Crippen LogP contribution in [0.25, 0.3) is 16.9 Å². The molecule has 0 spiro atoms. The lowest BCUT2D eigenvalue weighted by Gasteiger charge is -2.12. The summed E-state index contributed by atoms with van der Waals surface area (Å²) >= 11 is 9.81. The van der Waals surface area contributed by atoms with Crippen LogP contribution in [-0.4, -0.2) is 28.0 Å². The summed E-state index contributed by atoms with van der Waals surface area (Å²) in [7, 11) is 1.60. The SMILES string of the molecule is COc1ccc(-c2c(CBr)c(C(=O)O)nn2-c2ccc(C)cc2Cl)cc1. The van der Waals surface area contributed by atoms with Crippen molar-refractivity contribution in [3.8, 4) is 22.7 Å². The summed E-state index contributed by atoms with van der Waals surface area (Å²) in [4.78, 5) is 11.7. The van der Waals surface area contributed by atoms with Crippen LogP contribution >= 0.6 is 27.5 Å². The Morgan fingerprint density at radius 3 is 2.50 bits per heavy atom. The molecule has 1 aromatic heterocycles. The molecule has 1 heterocycles. The second-order valence-electron chi connectivity index (χ2n) is 5.71. The van der Waals surface area contributed by atoms with Gasteiger partial charge in [-0.15, -0.1) is 0 Å². The van der Waals surface area contributed by atoms with Crippen molar-refractivity contribution in [1.29, 1.82) is 0 Å². The predicted octanol–water partition coefficient (Wildman–Crippen LogP) is 5.10. The van der Waals surface area contributed by atoms with Crippen LogP contribution in [0.1, 0.15) is 21.6 Å². The molecule has 0 atom stereocenters. The quantitative estimate of drug-likeness (QED) is 0.566. The number of benzene rings is 2. The number of aryl methyl sites for hydroxylation is 1. The highest BCUT2D eigenvalue weighted by Gasteiger charge is 2.24. The first kappa shape index (κ1) is 18.5. The van der Waals surface area contributed by atoms with Crippen molar-refractivity contribution in [2.75, 3.05) is 7.11 Å². The number of carbonyl (C=O) groups is 1. The van der Waals surface area contributed by atoms with E-state index in [0.717, 1.165) is 11.1 Å². The van der Waals surface area contributed by atoms with Gasteiger partial charge >= 0.3 is 5.97 Å². The van der Waals surface area contributed by atoms with E-state index in [1.54, 1.807) is 11.8 Å². The van der Waals surface area contributed by atoms with Crippen LogP contribution in [0.4, 0.5) is 0 Å². The Kier molecular flexibility index (Phi) is 5.34. The molecule has 2 aromatic carbocycles. The normalized spacial score (nSPS) is 10.8. The van der Waals surface area contributed by atoms with E-state index in [4.69, 9.17) is 16.3 Å². The Morgan fingerprint density at radius 1 is 1.27 bits per heavy atom. The number of carboxylic acids is 1. The minimum absolute atomic E-state index is 0.00988. The highest BCUT2D eigenvalue weighted by atomic mass is 79.9. The summed E-state index contributed by atoms with van der Waals surface area (Å²) in [5.74, 6) is -0.372. The van der Waals surface area contributed by atoms with Gasteiger partial charge in [-0.2, -0.15) is 5.10 Å². The van der Waals surface area contributed by atoms with E-state index in [9.17, 15) is 9.90 Å². The zero-order valence-electron chi connectivity index (χ0n) is 14.2. The molecule has 0 amide bonds. The number of carboxylic acid groups (broad SMARTS) is 1. The molecular formula is C19H16BrClN2O3. The average molecular weight is 436 g/mol. The summed E-state index contributed by atoms with van der Waals surface area (Å²) in [6.07, 6.45) is 0. The highest BCUT2D eigenvalue weighted by molar-refractivity contribution is 9.08. The molecule has 7 heteroatoms. The number of aromatic carboxylic acids is 1. The molecule has 134 valence electrons. The van der Waals surface area contributed by atoms with Gasteiger partial charge in [0.05, 0.1) is 23.5 Å². The van der Waals surface area contributed by atoms with Gasteiger partial charge < -0.3 is 9.84 Å². The maximum atomic E-state index is 11.7. The monoisotopic (exact) mass is 434 g/mol. The van der Waals surface area contributed by atoms with Crippen molar-refractivity contribution in [1.82, 2.24) is 9.78 Å². The molecule has 3 aromatic rings. The highest BCUT2D eigenvalue weighted by Crippen LogP contribution is 2.34. The zero-order valence-corrected chi connectivity index (χ0v) is 16.5. The third-order valence-corrected chi connectivity index (χ3v) is 4.88. The number of hydrogen-bond acceptors (Lipinski definition) is 3. The van der Waals surface area contributed by atoms with Crippen LogP contribution in [-0.2, 0) is 5.33 Å². The fourth-order valence-electron chi connectivity index (χ4n) is 2.75. The number of rotatable bonds is 5. The summed E-state index contributed by atoms with van der Waals surface area (Å²) in [6, 6.07) is 12.9. The molecular weight excluding hydrogens is 420 g/mol. The Bertz CT molecular complexity index is 968. The number of ether oxygens (including phenoxy) is 1. The molecule has 0 aliphatic heterocycles. The second kappa shape index (κ2) is 7.51. The Hall–Kier alpha value is -2.31. The van der Waals surface area contributed by atoms with Crippen LogP contribution in [0.3, 0.4) is 0 Å². The van der Waals surface area contributed by atoms with E-state index in [-0.39, 0.29) is 5.69 Å². The van der Waals surface area contributed by atoms with Gasteiger partial charge in [0.25, 0.3) is 0 Å². The third kappa shape index (κ3) is 3.34. The molecule has 1 N–H and O–H groups in total. The Labute approximate surface area is 164 Å². The van der Waals surface area contributed by atoms with Gasteiger partial charge in [0.1, 0.15) is 5.75 Å². The lowest BCUT2D eigenvalue weighted by atomic mass is 10.1. The molecule has 0 bridgehead atoms. The summed E-state index contributed by atoms with van der Waals surface area (Å²) in [6.45, 7) is 1.94. The van der Waals surface area contributed by atoms with Crippen molar-refractivity contribution in [3.05, 3.63) is 64.3 Å². The molecule has 0 saturated heterocycles. The van der Waals surface area contributed by atoms with Gasteiger partial charge in [-0.3, -0.25) is 0 Å². The molecule has 0 radical (unpaired) electrons. The molecule has 3 rings (SSSR count). The van der Waals surface area contributed by atoms with Crippen molar-refractivity contribution in [3.63, 3.8) is 0 Å². The first-order chi connectivity index (χ1) is 12.5. The number of nitrogens with zero attached hydrogens (tertiary/aromatic N) is 2. The summed E-state index contributed by atoms with van der Waals surface area (Å²) in [5.41, 5.74) is 3.70. The number of alkyl halides is 1. The maximum absolute atomic E-state index is 11.7. The van der Waals surface area contributed by atoms with Crippen LogP contribution in [0.15, 0.2) is 42.5 Å². The fraction of sp³-hybridized carbons (Fsp3) is 0.158. The molecule has 0 saturated carbocycles. The predicted molar refractivity (Wildman–Crippen MR) is 105 cm³/mol. The van der Waals surface area contributed by atoms with Crippen LogP contribution in [0.5, 0.6) is 5.75 Å². The number of aromatic nitrogens is 2. The molecule has 0 aliphatic rings. The van der Waals surface area contributed by atoms with Gasteiger partial charge in [-0.05, 0) is 48.9 Å². The number of halogens is 2. The van der Waals surface area contributed by atoms with Gasteiger partial charge in [-0.1, -0.05) is 33.6 Å². The molecule has 0 aliphatic carbocycles. The van der Waals surface area contributed by atoms with E-state index in [1.165, 1.54) is 0 Å². The first-order valence-electron chi connectivity index (χ1n) is 7.78. The van der Waals surface area contributed by atoms with Crippen LogP contribution in [0, 0.1) is 6.92 Å². The standard InChI is InChI=1S/C19H16BrClN2O3/c1-11-3-8-16(15(21)9-11)23-18(12-4-6-13(26-2)7-5-12)14(10-20)17(22-23)19(24)25/h3-9H,10H2,1-2H3,(H,24,25). The minimum Gasteiger partial charge on any atom is -0.497 e. The van der Waals surface area contributed by atoms with Crippen LogP contribution < -0.4 is 4.74 Å². The van der Waals surface area contributed by atoms with E-state index >= 15 is 0 Å². The zero-order chi connectivity index (χ0) is 18.8. The van der Waals surface area contributed by atoms with Crippen LogP contribution in [0.2, 0.25) is 5.02 Å². The largest absolute Gasteiger partial charge is 0.497 e. The number of hydrogen-bond donors (Lipinski definition) is 1. The van der Waals surface area contributed by atoms with Gasteiger partial charge in [0.2, 0.25) is 0 Å². The Morgan fingerprint density at radius 2 is 1.96 bits per heavy atom. The topological polar surface area (TPSA) is 64.3 Å². The fourth-order valence-corrected chi connectivity index (χ4v) is 3.60. The van der Waals surface area contributed by atoms with Gasteiger partial charge in [-0.25, -0.2) is 9.48 Å². The summed E-state index contributed by atoms with van der Waals surface area (Å²) in [5, 5.41) is 14.8. The van der Waals surface area contributed by atoms with Gasteiger partial charge in [0, 0.05) is 16.5 Å². The Balaban J connectivity index is 2.30. The van der Waals surface area contributed by atoms with E-state index in [2.05, 4.69) is 21.0 Å². The number of methoxy groups -OCH3 is 1. The molecule has 5 nitrogen and oxygen atoms in total. The van der Waals surface area contributed by atoms with Gasteiger partial charge in [0.15, 0.2) is 5.69 Å². The second-order valence-corrected chi connectivity index (χ2v) is 6.68. The van der Waals surface area contributed by atoms with E-state index in [1.807, 2.05) is 49.4 Å². The molecule has 0 fully saturated rings. The van der Waals surface area contributed by atoms with Crippen molar-refractivity contribution in [2.24, 2.45) is 0 Å². The average Bonchev–Trinajstić information content (AvgIpc) is 3.01. The smallest absolute Gasteiger partial charge is 0.356 e. The summed E-state index contributed by atoms with van der Waals surface area (Å²) < 4.78 is 6.79.